The van der Waals surface area contributed by atoms with E-state index in [1.54, 1.807) is 6.20 Å². The van der Waals surface area contributed by atoms with Gasteiger partial charge in [-0.1, -0.05) is 25.7 Å². The lowest BCUT2D eigenvalue weighted by molar-refractivity contribution is 0.0326. The first-order chi connectivity index (χ1) is 18.1. The summed E-state index contributed by atoms with van der Waals surface area (Å²) in [6.45, 7) is 6.33. The van der Waals surface area contributed by atoms with Gasteiger partial charge in [0.2, 0.25) is 0 Å². The smallest absolute Gasteiger partial charge is 0.259 e. The molecule has 8 heteroatoms. The molecule has 37 heavy (non-hydrogen) atoms. The summed E-state index contributed by atoms with van der Waals surface area (Å²) in [5.74, 6) is -0.0298. The molecule has 2 aliphatic heterocycles. The number of H-pyrrole nitrogens is 1. The van der Waals surface area contributed by atoms with Crippen LogP contribution < -0.4 is 10.9 Å². The number of fused-ring (bicyclic) bond motifs is 3. The number of likely N-dealkylation sites (tertiary alicyclic amines) is 1. The molecule has 0 unspecified atom stereocenters. The largest absolute Gasteiger partial charge is 0.381 e. The molecule has 0 radical (unpaired) electrons. The first-order valence-corrected chi connectivity index (χ1v) is 14.2. The van der Waals surface area contributed by atoms with Crippen molar-refractivity contribution in [2.45, 2.75) is 82.7 Å². The summed E-state index contributed by atoms with van der Waals surface area (Å²) >= 11 is 0. The Kier molecular flexibility index (Phi) is 6.80. The Bertz CT molecular complexity index is 1340. The van der Waals surface area contributed by atoms with Crippen molar-refractivity contribution < 1.29 is 9.53 Å². The molecular formula is C29H39N5O3. The number of carbonyl (C=O) groups excluding carboxylic acids is 1. The second kappa shape index (κ2) is 10.2. The van der Waals surface area contributed by atoms with Crippen LogP contribution in [0.25, 0.3) is 21.8 Å². The van der Waals surface area contributed by atoms with E-state index in [1.807, 2.05) is 23.7 Å². The third-order valence-electron chi connectivity index (χ3n) is 9.08. The molecule has 0 atom stereocenters. The van der Waals surface area contributed by atoms with Gasteiger partial charge in [-0.15, -0.1) is 0 Å². The summed E-state index contributed by atoms with van der Waals surface area (Å²) in [7, 11) is 0. The van der Waals surface area contributed by atoms with Crippen molar-refractivity contribution in [1.82, 2.24) is 25.0 Å². The standard InChI is InChI=1S/C29H39N5O3/c1-20-16-25-23(26-24(28(36)32-25)18-31-34(26)21-8-14-37-15-9-21)17-22(20)27(35)30-19-29(10-4-2-5-11-29)33-12-6-3-7-13-33/h16-18,21H,2-15,19H2,1H3,(H,30,35)(H,32,36). The van der Waals surface area contributed by atoms with Gasteiger partial charge in [0.15, 0.2) is 0 Å². The highest BCUT2D eigenvalue weighted by Gasteiger charge is 2.38. The Hall–Kier alpha value is -2.71. The van der Waals surface area contributed by atoms with Crippen molar-refractivity contribution >= 4 is 27.7 Å². The van der Waals surface area contributed by atoms with Crippen molar-refractivity contribution in [3.05, 3.63) is 39.8 Å². The van der Waals surface area contributed by atoms with Gasteiger partial charge in [0.05, 0.1) is 28.7 Å². The Labute approximate surface area is 217 Å². The maximum absolute atomic E-state index is 13.7. The van der Waals surface area contributed by atoms with Gasteiger partial charge >= 0.3 is 0 Å². The van der Waals surface area contributed by atoms with Crippen LogP contribution in [0.3, 0.4) is 0 Å². The number of benzene rings is 1. The number of piperidine rings is 1. The molecular weight excluding hydrogens is 466 g/mol. The lowest BCUT2D eigenvalue weighted by atomic mass is 9.79. The molecule has 8 nitrogen and oxygen atoms in total. The summed E-state index contributed by atoms with van der Waals surface area (Å²) in [4.78, 5) is 32.2. The lowest BCUT2D eigenvalue weighted by Crippen LogP contribution is -2.58. The number of aromatic amines is 1. The highest BCUT2D eigenvalue weighted by atomic mass is 16.5. The van der Waals surface area contributed by atoms with Gasteiger partial charge in [0, 0.05) is 36.2 Å². The molecule has 3 aromatic rings. The molecule has 2 saturated heterocycles. The van der Waals surface area contributed by atoms with E-state index in [4.69, 9.17) is 4.74 Å². The third kappa shape index (κ3) is 4.59. The van der Waals surface area contributed by atoms with Gasteiger partial charge in [-0.3, -0.25) is 19.2 Å². The molecule has 2 aromatic heterocycles. The number of aryl methyl sites for hydroxylation is 1. The number of hydrogen-bond acceptors (Lipinski definition) is 5. The zero-order chi connectivity index (χ0) is 25.4. The van der Waals surface area contributed by atoms with Crippen LogP contribution in [-0.4, -0.2) is 64.0 Å². The summed E-state index contributed by atoms with van der Waals surface area (Å²) in [5.41, 5.74) is 3.05. The average molecular weight is 506 g/mol. The van der Waals surface area contributed by atoms with Crippen LogP contribution in [0.2, 0.25) is 0 Å². The zero-order valence-electron chi connectivity index (χ0n) is 22.0. The van der Waals surface area contributed by atoms with E-state index < -0.39 is 0 Å². The van der Waals surface area contributed by atoms with E-state index in [-0.39, 0.29) is 23.0 Å². The van der Waals surface area contributed by atoms with Crippen LogP contribution >= 0.6 is 0 Å². The molecule has 1 saturated carbocycles. The molecule has 1 aliphatic carbocycles. The van der Waals surface area contributed by atoms with Crippen LogP contribution in [0.4, 0.5) is 0 Å². The first-order valence-electron chi connectivity index (χ1n) is 14.2. The number of ether oxygens (including phenoxy) is 1. The molecule has 1 aromatic carbocycles. The number of hydrogen-bond donors (Lipinski definition) is 2. The van der Waals surface area contributed by atoms with Gasteiger partial charge in [-0.05, 0) is 76.2 Å². The molecule has 3 aliphatic rings. The summed E-state index contributed by atoms with van der Waals surface area (Å²) in [5, 5.41) is 9.42. The number of nitrogens with one attached hydrogen (secondary N) is 2. The highest BCUT2D eigenvalue weighted by Crippen LogP contribution is 2.35. The molecule has 2 N–H and O–H groups in total. The first kappa shape index (κ1) is 24.6. The van der Waals surface area contributed by atoms with E-state index in [0.29, 0.717) is 30.7 Å². The minimum Gasteiger partial charge on any atom is -0.381 e. The van der Waals surface area contributed by atoms with Crippen molar-refractivity contribution in [1.29, 1.82) is 0 Å². The molecule has 6 rings (SSSR count). The fourth-order valence-corrected chi connectivity index (χ4v) is 6.97. The van der Waals surface area contributed by atoms with Gasteiger partial charge in [-0.2, -0.15) is 5.10 Å². The predicted molar refractivity (Wildman–Crippen MR) is 145 cm³/mol. The fraction of sp³-hybridized carbons (Fsp3) is 0.621. The molecule has 4 heterocycles. The van der Waals surface area contributed by atoms with Crippen LogP contribution in [0.15, 0.2) is 23.1 Å². The molecule has 198 valence electrons. The Balaban J connectivity index is 1.34. The average Bonchev–Trinajstić information content (AvgIpc) is 3.39. The van der Waals surface area contributed by atoms with Crippen molar-refractivity contribution in [3.63, 3.8) is 0 Å². The summed E-state index contributed by atoms with van der Waals surface area (Å²) in [6, 6.07) is 4.09. The highest BCUT2D eigenvalue weighted by molar-refractivity contribution is 6.07. The maximum atomic E-state index is 13.7. The van der Waals surface area contributed by atoms with Crippen LogP contribution in [-0.2, 0) is 4.74 Å². The molecule has 0 bridgehead atoms. The minimum atomic E-state index is -0.141. The lowest BCUT2D eigenvalue weighted by Gasteiger charge is -2.48. The van der Waals surface area contributed by atoms with E-state index in [1.165, 1.54) is 38.5 Å². The second-order valence-electron chi connectivity index (χ2n) is 11.4. The van der Waals surface area contributed by atoms with E-state index in [0.717, 1.165) is 60.8 Å². The number of rotatable bonds is 5. The predicted octanol–water partition coefficient (Wildman–Crippen LogP) is 4.46. The SMILES string of the molecule is Cc1cc2[nH]c(=O)c3cnn(C4CCOCC4)c3c2cc1C(=O)NCC1(N2CCCCC2)CCCCC1. The van der Waals surface area contributed by atoms with Crippen LogP contribution in [0.1, 0.15) is 86.2 Å². The van der Waals surface area contributed by atoms with Gasteiger partial charge < -0.3 is 15.0 Å². The second-order valence-corrected chi connectivity index (χ2v) is 11.4. The van der Waals surface area contributed by atoms with Crippen molar-refractivity contribution in [2.24, 2.45) is 0 Å². The molecule has 0 spiro atoms. The summed E-state index contributed by atoms with van der Waals surface area (Å²) in [6.07, 6.45) is 13.3. The monoisotopic (exact) mass is 505 g/mol. The Morgan fingerprint density at radius 1 is 1.08 bits per heavy atom. The fourth-order valence-electron chi connectivity index (χ4n) is 6.97. The number of aromatic nitrogens is 3. The molecule has 1 amide bonds. The van der Waals surface area contributed by atoms with Crippen LogP contribution in [0.5, 0.6) is 0 Å². The number of nitrogens with zero attached hydrogens (tertiary/aromatic N) is 3. The quantitative estimate of drug-likeness (QED) is 0.534. The topological polar surface area (TPSA) is 92.2 Å². The van der Waals surface area contributed by atoms with E-state index in [2.05, 4.69) is 20.3 Å². The Morgan fingerprint density at radius 2 is 1.81 bits per heavy atom. The molecule has 3 fully saturated rings. The number of pyridine rings is 1. The number of amides is 1. The Morgan fingerprint density at radius 3 is 2.57 bits per heavy atom. The van der Waals surface area contributed by atoms with Gasteiger partial charge in [0.1, 0.15) is 0 Å². The maximum Gasteiger partial charge on any atom is 0.259 e. The van der Waals surface area contributed by atoms with Gasteiger partial charge in [-0.25, -0.2) is 0 Å². The normalized spacial score (nSPS) is 21.4. The third-order valence-corrected chi connectivity index (χ3v) is 9.08. The van der Waals surface area contributed by atoms with E-state index in [9.17, 15) is 9.59 Å². The minimum absolute atomic E-state index is 0.0298. The van der Waals surface area contributed by atoms with Crippen LogP contribution in [0, 0.1) is 6.92 Å². The van der Waals surface area contributed by atoms with Gasteiger partial charge in [0.25, 0.3) is 11.5 Å². The van der Waals surface area contributed by atoms with Crippen molar-refractivity contribution in [2.75, 3.05) is 32.8 Å². The van der Waals surface area contributed by atoms with Crippen molar-refractivity contribution in [3.8, 4) is 0 Å². The van der Waals surface area contributed by atoms with E-state index >= 15 is 0 Å². The summed E-state index contributed by atoms with van der Waals surface area (Å²) < 4.78 is 7.54. The number of carbonyl (C=O) groups is 1. The zero-order valence-corrected chi connectivity index (χ0v) is 22.0.